The van der Waals surface area contributed by atoms with E-state index in [2.05, 4.69) is 37.3 Å². The van der Waals surface area contributed by atoms with E-state index in [0.29, 0.717) is 12.2 Å². The number of fused-ring (bicyclic) bond motifs is 1. The van der Waals surface area contributed by atoms with Crippen molar-refractivity contribution in [3.63, 3.8) is 0 Å². The van der Waals surface area contributed by atoms with Gasteiger partial charge >= 0.3 is 0 Å². The van der Waals surface area contributed by atoms with Crippen LogP contribution >= 0.6 is 0 Å². The Morgan fingerprint density at radius 2 is 1.74 bits per heavy atom. The topological polar surface area (TPSA) is 25.1 Å². The zero-order valence-corrected chi connectivity index (χ0v) is 11.2. The molecule has 2 atom stereocenters. The quantitative estimate of drug-likeness (QED) is 0.783. The molecule has 0 saturated carbocycles. The molecular weight excluding hydrogens is 236 g/mol. The van der Waals surface area contributed by atoms with Crippen molar-refractivity contribution < 1.29 is 9.47 Å². The van der Waals surface area contributed by atoms with Crippen LogP contribution < -0.4 is 0 Å². The molecule has 19 heavy (non-hydrogen) atoms. The fourth-order valence-corrected chi connectivity index (χ4v) is 2.81. The van der Waals surface area contributed by atoms with Gasteiger partial charge in [0.15, 0.2) is 0 Å². The van der Waals surface area contributed by atoms with E-state index in [0.717, 1.165) is 26.1 Å². The third-order valence-electron chi connectivity index (χ3n) is 4.13. The molecule has 98 valence electrons. The van der Waals surface area contributed by atoms with Crippen LogP contribution in [0.3, 0.4) is 0 Å². The maximum Gasteiger partial charge on any atom is 0.0850 e. The molecule has 0 radical (unpaired) electrons. The fourth-order valence-electron chi connectivity index (χ4n) is 2.81. The average Bonchev–Trinajstić information content (AvgIpc) is 3.28. The molecular formula is C17H18O2. The van der Waals surface area contributed by atoms with Gasteiger partial charge in [0, 0.05) is 12.8 Å². The first-order valence-electron chi connectivity index (χ1n) is 7.04. The molecule has 0 bridgehead atoms. The lowest BCUT2D eigenvalue weighted by molar-refractivity contribution is 0.407. The minimum Gasteiger partial charge on any atom is -0.373 e. The van der Waals surface area contributed by atoms with Crippen molar-refractivity contribution >= 4 is 10.8 Å². The standard InChI is InChI=1S/C17H18O2/c1-11-2-4-13-6-12(7-14-9-18-14)3-5-16(13)17(11)8-15-10-19-15/h2-6,14-15H,7-10H2,1H3. The van der Waals surface area contributed by atoms with Crippen molar-refractivity contribution in [1.82, 2.24) is 0 Å². The summed E-state index contributed by atoms with van der Waals surface area (Å²) in [5, 5.41) is 2.73. The Hall–Kier alpha value is -1.38. The summed E-state index contributed by atoms with van der Waals surface area (Å²) in [6.45, 7) is 4.05. The fraction of sp³-hybridized carbons (Fsp3) is 0.412. The maximum atomic E-state index is 5.38. The van der Waals surface area contributed by atoms with Gasteiger partial charge in [0.2, 0.25) is 0 Å². The second-order valence-corrected chi connectivity index (χ2v) is 5.74. The molecule has 2 fully saturated rings. The normalized spacial score (nSPS) is 24.7. The van der Waals surface area contributed by atoms with Crippen molar-refractivity contribution in [3.8, 4) is 0 Å². The van der Waals surface area contributed by atoms with E-state index < -0.39 is 0 Å². The van der Waals surface area contributed by atoms with E-state index in [9.17, 15) is 0 Å². The predicted octanol–water partition coefficient (Wildman–Crippen LogP) is 3.03. The van der Waals surface area contributed by atoms with E-state index in [1.165, 1.54) is 27.5 Å². The highest BCUT2D eigenvalue weighted by atomic mass is 16.6. The van der Waals surface area contributed by atoms with Gasteiger partial charge in [0.25, 0.3) is 0 Å². The monoisotopic (exact) mass is 254 g/mol. The highest BCUT2D eigenvalue weighted by Gasteiger charge is 2.25. The Kier molecular flexibility index (Phi) is 2.61. The number of ether oxygens (including phenoxy) is 2. The Bertz CT molecular complexity index is 624. The lowest BCUT2D eigenvalue weighted by Crippen LogP contribution is -1.98. The predicted molar refractivity (Wildman–Crippen MR) is 75.6 cm³/mol. The lowest BCUT2D eigenvalue weighted by Gasteiger charge is -2.10. The lowest BCUT2D eigenvalue weighted by atomic mass is 9.94. The average molecular weight is 254 g/mol. The van der Waals surface area contributed by atoms with Gasteiger partial charge in [-0.1, -0.05) is 30.3 Å². The molecule has 0 spiro atoms. The molecule has 2 aromatic carbocycles. The number of aryl methyl sites for hydroxylation is 1. The van der Waals surface area contributed by atoms with Gasteiger partial charge in [-0.15, -0.1) is 0 Å². The van der Waals surface area contributed by atoms with Crippen LogP contribution in [0, 0.1) is 6.92 Å². The number of hydrogen-bond donors (Lipinski definition) is 0. The van der Waals surface area contributed by atoms with Crippen LogP contribution in [0.1, 0.15) is 16.7 Å². The molecule has 2 aliphatic rings. The van der Waals surface area contributed by atoms with Crippen LogP contribution in [0.2, 0.25) is 0 Å². The molecule has 2 aromatic rings. The molecule has 2 heterocycles. The first kappa shape index (κ1) is 11.4. The summed E-state index contributed by atoms with van der Waals surface area (Å²) in [5.74, 6) is 0. The van der Waals surface area contributed by atoms with E-state index in [-0.39, 0.29) is 0 Å². The van der Waals surface area contributed by atoms with Gasteiger partial charge in [-0.05, 0) is 34.4 Å². The third kappa shape index (κ3) is 2.38. The number of rotatable bonds is 4. The summed E-state index contributed by atoms with van der Waals surface area (Å²) in [6.07, 6.45) is 3.00. The van der Waals surface area contributed by atoms with Gasteiger partial charge < -0.3 is 9.47 Å². The van der Waals surface area contributed by atoms with Crippen molar-refractivity contribution in [2.24, 2.45) is 0 Å². The van der Waals surface area contributed by atoms with Crippen molar-refractivity contribution in [1.29, 1.82) is 0 Å². The van der Waals surface area contributed by atoms with E-state index >= 15 is 0 Å². The van der Waals surface area contributed by atoms with Gasteiger partial charge in [-0.3, -0.25) is 0 Å². The molecule has 0 amide bonds. The minimum absolute atomic E-state index is 0.448. The zero-order chi connectivity index (χ0) is 12.8. The molecule has 2 heteroatoms. The highest BCUT2D eigenvalue weighted by molar-refractivity contribution is 5.87. The van der Waals surface area contributed by atoms with Crippen molar-refractivity contribution in [2.45, 2.75) is 32.0 Å². The summed E-state index contributed by atoms with van der Waals surface area (Å²) in [5.41, 5.74) is 4.21. The highest BCUT2D eigenvalue weighted by Crippen LogP contribution is 2.28. The number of epoxide rings is 2. The molecule has 2 aliphatic heterocycles. The molecule has 4 rings (SSSR count). The van der Waals surface area contributed by atoms with Crippen LogP contribution in [0.5, 0.6) is 0 Å². The van der Waals surface area contributed by atoms with Crippen LogP contribution in [0.25, 0.3) is 10.8 Å². The van der Waals surface area contributed by atoms with Crippen molar-refractivity contribution in [2.75, 3.05) is 13.2 Å². The summed E-state index contributed by atoms with van der Waals surface area (Å²) >= 11 is 0. The zero-order valence-electron chi connectivity index (χ0n) is 11.2. The first-order valence-corrected chi connectivity index (χ1v) is 7.04. The molecule has 0 N–H and O–H groups in total. The SMILES string of the molecule is Cc1ccc2cc(CC3CO3)ccc2c1CC1CO1. The molecule has 0 aliphatic carbocycles. The molecule has 2 saturated heterocycles. The third-order valence-corrected chi connectivity index (χ3v) is 4.13. The summed E-state index contributed by atoms with van der Waals surface area (Å²) in [6, 6.07) is 11.3. The van der Waals surface area contributed by atoms with E-state index in [1.54, 1.807) is 0 Å². The number of hydrogen-bond acceptors (Lipinski definition) is 2. The number of benzene rings is 2. The van der Waals surface area contributed by atoms with Crippen LogP contribution in [-0.2, 0) is 22.3 Å². The van der Waals surface area contributed by atoms with Crippen LogP contribution in [0.4, 0.5) is 0 Å². The molecule has 0 aromatic heterocycles. The Morgan fingerprint density at radius 3 is 2.47 bits per heavy atom. The Labute approximate surface area is 113 Å². The second-order valence-electron chi connectivity index (χ2n) is 5.74. The van der Waals surface area contributed by atoms with Gasteiger partial charge in [0.05, 0.1) is 25.4 Å². The summed E-state index contributed by atoms with van der Waals surface area (Å²) in [7, 11) is 0. The van der Waals surface area contributed by atoms with Gasteiger partial charge in [-0.2, -0.15) is 0 Å². The second kappa shape index (κ2) is 4.32. The van der Waals surface area contributed by atoms with Crippen molar-refractivity contribution in [3.05, 3.63) is 47.0 Å². The largest absolute Gasteiger partial charge is 0.373 e. The van der Waals surface area contributed by atoms with E-state index in [1.807, 2.05) is 0 Å². The Morgan fingerprint density at radius 1 is 1.00 bits per heavy atom. The molecule has 2 unspecified atom stereocenters. The first-order chi connectivity index (χ1) is 9.29. The minimum atomic E-state index is 0.448. The summed E-state index contributed by atoms with van der Waals surface area (Å²) < 4.78 is 10.7. The maximum absolute atomic E-state index is 5.38. The van der Waals surface area contributed by atoms with Gasteiger partial charge in [0.1, 0.15) is 0 Å². The van der Waals surface area contributed by atoms with Crippen LogP contribution in [-0.4, -0.2) is 25.4 Å². The van der Waals surface area contributed by atoms with Crippen LogP contribution in [0.15, 0.2) is 30.3 Å². The Balaban J connectivity index is 1.74. The van der Waals surface area contributed by atoms with Gasteiger partial charge in [-0.25, -0.2) is 0 Å². The molecule has 2 nitrogen and oxygen atoms in total. The van der Waals surface area contributed by atoms with E-state index in [4.69, 9.17) is 9.47 Å². The summed E-state index contributed by atoms with van der Waals surface area (Å²) in [4.78, 5) is 0. The smallest absolute Gasteiger partial charge is 0.0850 e.